The van der Waals surface area contributed by atoms with Crippen LogP contribution in [0.2, 0.25) is 0 Å². The summed E-state index contributed by atoms with van der Waals surface area (Å²) in [5, 5.41) is 4.95. The lowest BCUT2D eigenvalue weighted by atomic mass is 10.0. The van der Waals surface area contributed by atoms with Crippen molar-refractivity contribution in [1.29, 1.82) is 0 Å². The van der Waals surface area contributed by atoms with Crippen LogP contribution in [0.4, 0.5) is 0 Å². The highest BCUT2D eigenvalue weighted by molar-refractivity contribution is 7.10. The summed E-state index contributed by atoms with van der Waals surface area (Å²) in [4.78, 5) is 24.8. The van der Waals surface area contributed by atoms with Gasteiger partial charge >= 0.3 is 0 Å². The topological polar surface area (TPSA) is 55.4 Å². The van der Waals surface area contributed by atoms with Crippen LogP contribution in [0.5, 0.6) is 5.75 Å². The molecule has 1 unspecified atom stereocenters. The second-order valence-electron chi connectivity index (χ2n) is 5.06. The molecule has 1 aromatic heterocycles. The minimum atomic E-state index is -0.0973. The smallest absolute Gasteiger partial charge is 0.225 e. The first-order valence-corrected chi connectivity index (χ1v) is 7.90. The zero-order valence-corrected chi connectivity index (χ0v) is 13.7. The quantitative estimate of drug-likeness (QED) is 0.831. The Hall–Kier alpha value is -2.14. The summed E-state index contributed by atoms with van der Waals surface area (Å²) in [6.45, 7) is 3.46. The Morgan fingerprint density at radius 2 is 2.09 bits per heavy atom. The van der Waals surface area contributed by atoms with Crippen molar-refractivity contribution < 1.29 is 14.3 Å². The molecule has 4 nitrogen and oxygen atoms in total. The molecule has 1 aromatic carbocycles. The first-order chi connectivity index (χ1) is 10.5. The molecule has 2 rings (SSSR count). The van der Waals surface area contributed by atoms with Crippen LogP contribution >= 0.6 is 11.3 Å². The Morgan fingerprint density at radius 1 is 1.32 bits per heavy atom. The molecule has 0 aliphatic carbocycles. The average Bonchev–Trinajstić information content (AvgIpc) is 3.01. The molecule has 0 radical (unpaired) electrons. The van der Waals surface area contributed by atoms with Gasteiger partial charge in [0.05, 0.1) is 19.6 Å². The molecule has 116 valence electrons. The number of carbonyl (C=O) groups excluding carboxylic acids is 2. The van der Waals surface area contributed by atoms with E-state index in [0.717, 1.165) is 4.88 Å². The maximum Gasteiger partial charge on any atom is 0.225 e. The molecule has 1 atom stereocenters. The highest BCUT2D eigenvalue weighted by atomic mass is 32.1. The standard InChI is InChI=1S/C17H19NO3S/c1-11(16-5-4-8-22-16)18-17(20)10-14-9-13(12(2)19)6-7-15(14)21-3/h4-9,11H,10H2,1-3H3,(H,18,20). The molecule has 1 N–H and O–H groups in total. The molecule has 0 fully saturated rings. The third kappa shape index (κ3) is 3.95. The lowest BCUT2D eigenvalue weighted by Crippen LogP contribution is -2.27. The third-order valence-electron chi connectivity index (χ3n) is 3.39. The van der Waals surface area contributed by atoms with E-state index in [4.69, 9.17) is 4.74 Å². The second kappa shape index (κ2) is 7.22. The van der Waals surface area contributed by atoms with Crippen molar-refractivity contribution in [2.24, 2.45) is 0 Å². The number of Topliss-reactive ketones (excluding diaryl/α,β-unsaturated/α-hetero) is 1. The summed E-state index contributed by atoms with van der Waals surface area (Å²) in [6, 6.07) is 9.07. The summed E-state index contributed by atoms with van der Waals surface area (Å²) >= 11 is 1.61. The highest BCUT2D eigenvalue weighted by Gasteiger charge is 2.14. The Kier molecular flexibility index (Phi) is 5.33. The van der Waals surface area contributed by atoms with Crippen LogP contribution in [0, 0.1) is 0 Å². The molecule has 0 spiro atoms. The second-order valence-corrected chi connectivity index (χ2v) is 6.04. The zero-order valence-electron chi connectivity index (χ0n) is 12.9. The van der Waals surface area contributed by atoms with E-state index in [2.05, 4.69) is 5.32 Å². The Labute approximate surface area is 134 Å². The average molecular weight is 317 g/mol. The Morgan fingerprint density at radius 3 is 2.68 bits per heavy atom. The summed E-state index contributed by atoms with van der Waals surface area (Å²) in [5.41, 5.74) is 1.29. The number of ketones is 1. The van der Waals surface area contributed by atoms with Crippen LogP contribution in [0.25, 0.3) is 0 Å². The molecular weight excluding hydrogens is 298 g/mol. The van der Waals surface area contributed by atoms with Gasteiger partial charge in [-0.25, -0.2) is 0 Å². The van der Waals surface area contributed by atoms with Gasteiger partial charge in [-0.05, 0) is 43.5 Å². The largest absolute Gasteiger partial charge is 0.496 e. The van der Waals surface area contributed by atoms with E-state index >= 15 is 0 Å². The van der Waals surface area contributed by atoms with Crippen molar-refractivity contribution in [3.8, 4) is 5.75 Å². The first-order valence-electron chi connectivity index (χ1n) is 7.02. The van der Waals surface area contributed by atoms with Crippen LogP contribution in [0.1, 0.15) is 40.7 Å². The molecule has 0 saturated carbocycles. The molecule has 0 aliphatic rings. The molecule has 5 heteroatoms. The summed E-state index contributed by atoms with van der Waals surface area (Å²) < 4.78 is 5.27. The highest BCUT2D eigenvalue weighted by Crippen LogP contribution is 2.22. The maximum absolute atomic E-state index is 12.2. The van der Waals surface area contributed by atoms with Gasteiger partial charge in [-0.15, -0.1) is 11.3 Å². The van der Waals surface area contributed by atoms with Gasteiger partial charge in [0.2, 0.25) is 5.91 Å². The predicted molar refractivity (Wildman–Crippen MR) is 87.6 cm³/mol. The van der Waals surface area contributed by atoms with Gasteiger partial charge in [0.15, 0.2) is 5.78 Å². The minimum Gasteiger partial charge on any atom is -0.496 e. The van der Waals surface area contributed by atoms with Crippen LogP contribution in [0.3, 0.4) is 0 Å². The number of thiophene rings is 1. The van der Waals surface area contributed by atoms with Crippen molar-refractivity contribution in [3.05, 3.63) is 51.7 Å². The van der Waals surface area contributed by atoms with Crippen molar-refractivity contribution in [2.45, 2.75) is 26.3 Å². The van der Waals surface area contributed by atoms with E-state index < -0.39 is 0 Å². The number of hydrogen-bond acceptors (Lipinski definition) is 4. The van der Waals surface area contributed by atoms with Gasteiger partial charge < -0.3 is 10.1 Å². The van der Waals surface area contributed by atoms with Gasteiger partial charge in [-0.1, -0.05) is 6.07 Å². The van der Waals surface area contributed by atoms with Crippen molar-refractivity contribution in [2.75, 3.05) is 7.11 Å². The Balaban J connectivity index is 2.10. The minimum absolute atomic E-state index is 0.0312. The summed E-state index contributed by atoms with van der Waals surface area (Å²) in [5.74, 6) is 0.486. The summed E-state index contributed by atoms with van der Waals surface area (Å²) in [7, 11) is 1.55. The SMILES string of the molecule is COc1ccc(C(C)=O)cc1CC(=O)NC(C)c1cccs1. The number of carbonyl (C=O) groups is 2. The van der Waals surface area contributed by atoms with E-state index in [1.807, 2.05) is 24.4 Å². The van der Waals surface area contributed by atoms with Gasteiger partial charge in [-0.2, -0.15) is 0 Å². The fourth-order valence-corrected chi connectivity index (χ4v) is 2.94. The number of amides is 1. The molecule has 1 amide bonds. The van der Waals surface area contributed by atoms with Gasteiger partial charge in [0.1, 0.15) is 5.75 Å². The van der Waals surface area contributed by atoms with E-state index in [1.54, 1.807) is 36.6 Å². The van der Waals surface area contributed by atoms with Crippen molar-refractivity contribution in [3.63, 3.8) is 0 Å². The number of rotatable bonds is 6. The number of nitrogens with one attached hydrogen (secondary N) is 1. The van der Waals surface area contributed by atoms with Gasteiger partial charge in [0, 0.05) is 16.0 Å². The van der Waals surface area contributed by atoms with E-state index in [0.29, 0.717) is 16.9 Å². The fourth-order valence-electron chi connectivity index (χ4n) is 2.21. The normalized spacial score (nSPS) is 11.8. The summed E-state index contributed by atoms with van der Waals surface area (Å²) in [6.07, 6.45) is 0.181. The third-order valence-corrected chi connectivity index (χ3v) is 4.44. The molecule has 22 heavy (non-hydrogen) atoms. The van der Waals surface area contributed by atoms with Crippen molar-refractivity contribution >= 4 is 23.0 Å². The molecule has 0 aliphatic heterocycles. The van der Waals surface area contributed by atoms with E-state index in [1.165, 1.54) is 6.92 Å². The van der Waals surface area contributed by atoms with Gasteiger partial charge in [0.25, 0.3) is 0 Å². The Bertz CT molecular complexity index is 665. The van der Waals surface area contributed by atoms with E-state index in [9.17, 15) is 9.59 Å². The van der Waals surface area contributed by atoms with Crippen LogP contribution in [-0.2, 0) is 11.2 Å². The van der Waals surface area contributed by atoms with Crippen LogP contribution in [0.15, 0.2) is 35.7 Å². The number of methoxy groups -OCH3 is 1. The lowest BCUT2D eigenvalue weighted by molar-refractivity contribution is -0.121. The monoisotopic (exact) mass is 317 g/mol. The van der Waals surface area contributed by atoms with Crippen LogP contribution in [-0.4, -0.2) is 18.8 Å². The number of hydrogen-bond donors (Lipinski definition) is 1. The zero-order chi connectivity index (χ0) is 16.1. The maximum atomic E-state index is 12.2. The fraction of sp³-hybridized carbons (Fsp3) is 0.294. The number of ether oxygens (including phenoxy) is 1. The number of benzene rings is 1. The van der Waals surface area contributed by atoms with Crippen molar-refractivity contribution in [1.82, 2.24) is 5.32 Å². The van der Waals surface area contributed by atoms with Crippen LogP contribution < -0.4 is 10.1 Å². The van der Waals surface area contributed by atoms with Gasteiger partial charge in [-0.3, -0.25) is 9.59 Å². The predicted octanol–water partition coefficient (Wildman–Crippen LogP) is 3.38. The van der Waals surface area contributed by atoms with E-state index in [-0.39, 0.29) is 24.2 Å². The molecule has 0 bridgehead atoms. The lowest BCUT2D eigenvalue weighted by Gasteiger charge is -2.14. The molecule has 2 aromatic rings. The first kappa shape index (κ1) is 16.2. The molecule has 1 heterocycles. The molecular formula is C17H19NO3S. The molecule has 0 saturated heterocycles.